The number of ether oxygens (including phenoxy) is 1. The molecule has 0 saturated heterocycles. The quantitative estimate of drug-likeness (QED) is 0.927. The van der Waals surface area contributed by atoms with Crippen molar-refractivity contribution in [3.63, 3.8) is 0 Å². The Labute approximate surface area is 144 Å². The van der Waals surface area contributed by atoms with Crippen LogP contribution in [0.15, 0.2) is 39.5 Å². The number of carbonyl (C=O) groups is 2. The highest BCUT2D eigenvalue weighted by Gasteiger charge is 2.33. The van der Waals surface area contributed by atoms with Crippen LogP contribution >= 0.6 is 0 Å². The smallest absolute Gasteiger partial charge is 0.359 e. The number of fused-ring (bicyclic) bond motifs is 1. The van der Waals surface area contributed by atoms with Crippen molar-refractivity contribution in [1.82, 2.24) is 0 Å². The van der Waals surface area contributed by atoms with E-state index in [9.17, 15) is 14.4 Å². The van der Waals surface area contributed by atoms with E-state index in [1.165, 1.54) is 13.2 Å². The average molecular weight is 341 g/mol. The zero-order valence-corrected chi connectivity index (χ0v) is 14.3. The molecule has 0 atom stereocenters. The summed E-state index contributed by atoms with van der Waals surface area (Å²) >= 11 is 0. The summed E-state index contributed by atoms with van der Waals surface area (Å²) in [6.07, 6.45) is 0.873. The van der Waals surface area contributed by atoms with Gasteiger partial charge in [-0.1, -0.05) is 26.0 Å². The third kappa shape index (κ3) is 3.33. The van der Waals surface area contributed by atoms with Crippen LogP contribution in [-0.4, -0.2) is 18.8 Å². The summed E-state index contributed by atoms with van der Waals surface area (Å²) in [4.78, 5) is 37.0. The Hall–Kier alpha value is -2.89. The van der Waals surface area contributed by atoms with Gasteiger partial charge in [0.25, 0.3) is 5.91 Å². The van der Waals surface area contributed by atoms with E-state index in [4.69, 9.17) is 9.15 Å². The number of rotatable bonds is 3. The van der Waals surface area contributed by atoms with Crippen LogP contribution in [0.1, 0.15) is 46.7 Å². The Bertz CT molecular complexity index is 910. The van der Waals surface area contributed by atoms with Crippen LogP contribution in [-0.2, 0) is 6.42 Å². The van der Waals surface area contributed by atoms with Crippen molar-refractivity contribution in [1.29, 1.82) is 0 Å². The molecule has 0 fully saturated rings. The first-order chi connectivity index (χ1) is 11.8. The first-order valence-electron chi connectivity index (χ1n) is 7.95. The predicted molar refractivity (Wildman–Crippen MR) is 92.4 cm³/mol. The fourth-order valence-electron chi connectivity index (χ4n) is 3.01. The molecule has 1 aliphatic rings. The van der Waals surface area contributed by atoms with E-state index in [0.29, 0.717) is 29.9 Å². The molecule has 3 rings (SSSR count). The molecule has 0 saturated carbocycles. The van der Waals surface area contributed by atoms with Gasteiger partial charge in [0.1, 0.15) is 17.2 Å². The number of hydrogen-bond acceptors (Lipinski definition) is 5. The maximum Gasteiger partial charge on any atom is 0.359 e. The number of carbonyl (C=O) groups excluding carboxylic acids is 2. The van der Waals surface area contributed by atoms with Gasteiger partial charge in [0.05, 0.1) is 18.2 Å². The average Bonchev–Trinajstić information content (AvgIpc) is 2.55. The molecule has 0 aliphatic heterocycles. The lowest BCUT2D eigenvalue weighted by Crippen LogP contribution is -2.29. The maximum atomic E-state index is 12.4. The van der Waals surface area contributed by atoms with Gasteiger partial charge in [0, 0.05) is 12.8 Å². The summed E-state index contributed by atoms with van der Waals surface area (Å²) in [6.45, 7) is 3.90. The lowest BCUT2D eigenvalue weighted by Gasteiger charge is -2.28. The molecular weight excluding hydrogens is 322 g/mol. The van der Waals surface area contributed by atoms with Gasteiger partial charge in [-0.05, 0) is 23.6 Å². The summed E-state index contributed by atoms with van der Waals surface area (Å²) in [6, 6.07) is 8.07. The summed E-state index contributed by atoms with van der Waals surface area (Å²) < 4.78 is 10.5. The Morgan fingerprint density at radius 1 is 1.20 bits per heavy atom. The van der Waals surface area contributed by atoms with Crippen LogP contribution in [0.3, 0.4) is 0 Å². The fraction of sp³-hybridized carbons (Fsp3) is 0.316. The minimum Gasteiger partial charge on any atom is -0.496 e. The van der Waals surface area contributed by atoms with Crippen molar-refractivity contribution in [3.05, 3.63) is 57.6 Å². The molecule has 1 heterocycles. The molecule has 130 valence electrons. The third-order valence-electron chi connectivity index (χ3n) is 4.20. The molecule has 25 heavy (non-hydrogen) atoms. The van der Waals surface area contributed by atoms with Gasteiger partial charge in [-0.15, -0.1) is 0 Å². The molecule has 1 N–H and O–H groups in total. The summed E-state index contributed by atoms with van der Waals surface area (Å²) in [5, 5.41) is 2.52. The molecule has 0 radical (unpaired) electrons. The van der Waals surface area contributed by atoms with Crippen molar-refractivity contribution in [2.24, 2.45) is 5.41 Å². The van der Waals surface area contributed by atoms with Crippen LogP contribution in [0.25, 0.3) is 0 Å². The van der Waals surface area contributed by atoms with Crippen LogP contribution < -0.4 is 15.7 Å². The van der Waals surface area contributed by atoms with Gasteiger partial charge in [-0.2, -0.15) is 0 Å². The largest absolute Gasteiger partial charge is 0.496 e. The van der Waals surface area contributed by atoms with Crippen molar-refractivity contribution in [2.45, 2.75) is 26.7 Å². The molecule has 1 aromatic heterocycles. The summed E-state index contributed by atoms with van der Waals surface area (Å²) in [5.41, 5.74) is -0.332. The van der Waals surface area contributed by atoms with E-state index < -0.39 is 11.5 Å². The second-order valence-electron chi connectivity index (χ2n) is 6.88. The van der Waals surface area contributed by atoms with Gasteiger partial charge in [-0.25, -0.2) is 4.79 Å². The number of methoxy groups -OCH3 is 1. The van der Waals surface area contributed by atoms with E-state index in [-0.39, 0.29) is 22.4 Å². The molecule has 1 aromatic carbocycles. The Morgan fingerprint density at radius 3 is 2.64 bits per heavy atom. The van der Waals surface area contributed by atoms with E-state index in [1.54, 1.807) is 24.3 Å². The third-order valence-corrected chi connectivity index (χ3v) is 4.20. The number of anilines is 1. The van der Waals surface area contributed by atoms with Crippen molar-refractivity contribution < 1.29 is 18.7 Å². The Balaban J connectivity index is 1.94. The van der Waals surface area contributed by atoms with Crippen LogP contribution in [0.2, 0.25) is 0 Å². The van der Waals surface area contributed by atoms with Crippen LogP contribution in [0, 0.1) is 5.41 Å². The molecule has 0 bridgehead atoms. The maximum absolute atomic E-state index is 12.4. The number of nitrogens with one attached hydrogen (secondary N) is 1. The highest BCUT2D eigenvalue weighted by atomic mass is 16.5. The second kappa shape index (κ2) is 6.20. The normalized spacial score (nSPS) is 15.4. The van der Waals surface area contributed by atoms with Gasteiger partial charge in [-0.3, -0.25) is 9.59 Å². The SMILES string of the molecule is COc1ccccc1C(=O)Nc1cc2c(oc1=O)CC(C)(C)CC2=O. The number of hydrogen-bond donors (Lipinski definition) is 1. The lowest BCUT2D eigenvalue weighted by molar-refractivity contribution is 0.0896. The molecule has 6 heteroatoms. The number of ketones is 1. The molecule has 1 amide bonds. The van der Waals surface area contributed by atoms with Gasteiger partial charge in [0.2, 0.25) is 0 Å². The fourth-order valence-corrected chi connectivity index (χ4v) is 3.01. The monoisotopic (exact) mass is 341 g/mol. The molecule has 1 aliphatic carbocycles. The van der Waals surface area contributed by atoms with Crippen LogP contribution in [0.4, 0.5) is 5.69 Å². The predicted octanol–water partition coefficient (Wildman–Crippen LogP) is 3.06. The number of amides is 1. The summed E-state index contributed by atoms with van der Waals surface area (Å²) in [5.74, 6) is 0.165. The first kappa shape index (κ1) is 17.0. The van der Waals surface area contributed by atoms with Crippen molar-refractivity contribution >= 4 is 17.4 Å². The van der Waals surface area contributed by atoms with E-state index in [1.807, 2.05) is 13.8 Å². The zero-order chi connectivity index (χ0) is 18.2. The van der Waals surface area contributed by atoms with E-state index >= 15 is 0 Å². The van der Waals surface area contributed by atoms with E-state index in [2.05, 4.69) is 5.32 Å². The van der Waals surface area contributed by atoms with Gasteiger partial charge >= 0.3 is 5.63 Å². The highest BCUT2D eigenvalue weighted by molar-refractivity contribution is 6.07. The van der Waals surface area contributed by atoms with Gasteiger partial charge < -0.3 is 14.5 Å². The van der Waals surface area contributed by atoms with E-state index in [0.717, 1.165) is 0 Å². The molecule has 2 aromatic rings. The van der Waals surface area contributed by atoms with Gasteiger partial charge in [0.15, 0.2) is 5.78 Å². The molecule has 6 nitrogen and oxygen atoms in total. The van der Waals surface area contributed by atoms with Crippen molar-refractivity contribution in [2.75, 3.05) is 12.4 Å². The molecular formula is C19H19NO5. The van der Waals surface area contributed by atoms with Crippen LogP contribution in [0.5, 0.6) is 5.75 Å². The lowest BCUT2D eigenvalue weighted by atomic mass is 9.76. The summed E-state index contributed by atoms with van der Waals surface area (Å²) in [7, 11) is 1.46. The zero-order valence-electron chi connectivity index (χ0n) is 14.3. The number of para-hydroxylation sites is 1. The standard InChI is InChI=1S/C19H19NO5/c1-19(2)9-14(21)12-8-13(18(23)25-16(12)10-19)20-17(22)11-6-4-5-7-15(11)24-3/h4-8H,9-10H2,1-3H3,(H,20,22). The topological polar surface area (TPSA) is 85.6 Å². The highest BCUT2D eigenvalue weighted by Crippen LogP contribution is 2.34. The molecule has 0 spiro atoms. The molecule has 0 unspecified atom stereocenters. The Kier molecular flexibility index (Phi) is 4.20. The van der Waals surface area contributed by atoms with Crippen molar-refractivity contribution in [3.8, 4) is 5.75 Å². The minimum absolute atomic E-state index is 0.0530. The number of Topliss-reactive ketones (excluding diaryl/α,β-unsaturated/α-hetero) is 1. The first-order valence-corrected chi connectivity index (χ1v) is 7.95. The number of benzene rings is 1. The minimum atomic E-state index is -0.674. The Morgan fingerprint density at radius 2 is 1.92 bits per heavy atom. The second-order valence-corrected chi connectivity index (χ2v) is 6.88.